The van der Waals surface area contributed by atoms with E-state index in [1.54, 1.807) is 7.11 Å². The zero-order valence-corrected chi connectivity index (χ0v) is 14.2. The number of nitrogens with zero attached hydrogens (tertiary/aromatic N) is 2. The van der Waals surface area contributed by atoms with Crippen molar-refractivity contribution in [3.63, 3.8) is 0 Å². The molecule has 2 heterocycles. The van der Waals surface area contributed by atoms with Crippen molar-refractivity contribution >= 4 is 12.0 Å². The SMILES string of the molecule is CCCCOC(=O)c1nc(N2CCC(N)C(OC)C2)oc1CC. The molecule has 0 bridgehead atoms. The number of carbonyl (C=O) groups excluding carboxylic acids is 1. The standard InChI is InChI=1S/C16H27N3O4/c1-4-6-9-22-15(20)14-12(5-2)23-16(18-14)19-8-7-11(17)13(10-19)21-3/h11,13H,4-10,17H2,1-3H3. The minimum atomic E-state index is -0.415. The van der Waals surface area contributed by atoms with Crippen molar-refractivity contribution in [3.8, 4) is 0 Å². The highest BCUT2D eigenvalue weighted by Crippen LogP contribution is 2.24. The predicted molar refractivity (Wildman–Crippen MR) is 86.7 cm³/mol. The lowest BCUT2D eigenvalue weighted by atomic mass is 10.0. The Morgan fingerprint density at radius 2 is 2.26 bits per heavy atom. The maximum absolute atomic E-state index is 12.2. The Kier molecular flexibility index (Phi) is 6.41. The number of hydrogen-bond acceptors (Lipinski definition) is 7. The molecule has 23 heavy (non-hydrogen) atoms. The Balaban J connectivity index is 2.10. The van der Waals surface area contributed by atoms with Gasteiger partial charge in [-0.05, 0) is 12.8 Å². The molecule has 1 saturated heterocycles. The normalized spacial score (nSPS) is 21.5. The second-order valence-corrected chi connectivity index (χ2v) is 5.78. The number of unbranched alkanes of at least 4 members (excludes halogenated alkanes) is 1. The maximum atomic E-state index is 12.2. The molecule has 1 aliphatic heterocycles. The van der Waals surface area contributed by atoms with Crippen molar-refractivity contribution in [2.24, 2.45) is 5.73 Å². The molecule has 0 radical (unpaired) electrons. The summed E-state index contributed by atoms with van der Waals surface area (Å²) in [5, 5.41) is 0. The van der Waals surface area contributed by atoms with Crippen LogP contribution < -0.4 is 10.6 Å². The van der Waals surface area contributed by atoms with E-state index in [2.05, 4.69) is 4.98 Å². The van der Waals surface area contributed by atoms with Crippen molar-refractivity contribution in [1.82, 2.24) is 4.98 Å². The summed E-state index contributed by atoms with van der Waals surface area (Å²) in [4.78, 5) is 18.5. The Labute approximate surface area is 137 Å². The molecule has 2 N–H and O–H groups in total. The minimum absolute atomic E-state index is 0.00957. The summed E-state index contributed by atoms with van der Waals surface area (Å²) >= 11 is 0. The third kappa shape index (κ3) is 4.23. The smallest absolute Gasteiger partial charge is 0.360 e. The van der Waals surface area contributed by atoms with Gasteiger partial charge < -0.3 is 24.5 Å². The van der Waals surface area contributed by atoms with Crippen molar-refractivity contribution in [3.05, 3.63) is 11.5 Å². The number of piperidine rings is 1. The van der Waals surface area contributed by atoms with Crippen LogP contribution in [0.4, 0.5) is 6.01 Å². The molecule has 2 atom stereocenters. The van der Waals surface area contributed by atoms with E-state index in [0.29, 0.717) is 31.3 Å². The largest absolute Gasteiger partial charge is 0.461 e. The van der Waals surface area contributed by atoms with Gasteiger partial charge in [-0.25, -0.2) is 4.79 Å². The summed E-state index contributed by atoms with van der Waals surface area (Å²) in [6.07, 6.45) is 3.13. The van der Waals surface area contributed by atoms with Gasteiger partial charge in [-0.3, -0.25) is 0 Å². The summed E-state index contributed by atoms with van der Waals surface area (Å²) in [6, 6.07) is 0.452. The molecule has 1 aliphatic rings. The highest BCUT2D eigenvalue weighted by Gasteiger charge is 2.30. The van der Waals surface area contributed by atoms with Crippen LogP contribution in [0.15, 0.2) is 4.42 Å². The third-order valence-corrected chi connectivity index (χ3v) is 4.12. The van der Waals surface area contributed by atoms with Crippen molar-refractivity contribution < 1.29 is 18.7 Å². The molecular formula is C16H27N3O4. The van der Waals surface area contributed by atoms with Crippen molar-refractivity contribution in [2.45, 2.75) is 51.7 Å². The molecule has 0 aromatic carbocycles. The molecule has 130 valence electrons. The number of aryl methyl sites for hydroxylation is 1. The van der Waals surface area contributed by atoms with Crippen LogP contribution in [0, 0.1) is 0 Å². The number of methoxy groups -OCH3 is 1. The number of ether oxygens (including phenoxy) is 2. The van der Waals surface area contributed by atoms with E-state index in [0.717, 1.165) is 25.8 Å². The van der Waals surface area contributed by atoms with Gasteiger partial charge in [-0.2, -0.15) is 4.98 Å². The quantitative estimate of drug-likeness (QED) is 0.603. The average molecular weight is 325 g/mol. The van der Waals surface area contributed by atoms with Crippen LogP contribution in [-0.4, -0.2) is 49.9 Å². The van der Waals surface area contributed by atoms with Crippen LogP contribution >= 0.6 is 0 Å². The summed E-state index contributed by atoms with van der Waals surface area (Å²) in [6.45, 7) is 5.72. The zero-order chi connectivity index (χ0) is 16.8. The lowest BCUT2D eigenvalue weighted by Crippen LogP contribution is -2.51. The van der Waals surface area contributed by atoms with Gasteiger partial charge in [-0.15, -0.1) is 0 Å². The molecule has 0 spiro atoms. The number of esters is 1. The van der Waals surface area contributed by atoms with Gasteiger partial charge in [0.2, 0.25) is 0 Å². The van der Waals surface area contributed by atoms with E-state index in [1.165, 1.54) is 0 Å². The van der Waals surface area contributed by atoms with Gasteiger partial charge in [-0.1, -0.05) is 20.3 Å². The van der Waals surface area contributed by atoms with Gasteiger partial charge in [0.15, 0.2) is 5.69 Å². The molecule has 2 rings (SSSR count). The first-order valence-electron chi connectivity index (χ1n) is 8.30. The first-order chi connectivity index (χ1) is 11.1. The molecule has 1 aromatic rings. The second-order valence-electron chi connectivity index (χ2n) is 5.78. The monoisotopic (exact) mass is 325 g/mol. The summed E-state index contributed by atoms with van der Waals surface area (Å²) in [5.41, 5.74) is 6.31. The van der Waals surface area contributed by atoms with Crippen LogP contribution in [0.2, 0.25) is 0 Å². The molecule has 0 aliphatic carbocycles. The Morgan fingerprint density at radius 1 is 1.48 bits per heavy atom. The van der Waals surface area contributed by atoms with Crippen LogP contribution in [-0.2, 0) is 15.9 Å². The number of anilines is 1. The first kappa shape index (κ1) is 17.7. The maximum Gasteiger partial charge on any atom is 0.360 e. The van der Waals surface area contributed by atoms with E-state index in [-0.39, 0.29) is 17.8 Å². The summed E-state index contributed by atoms with van der Waals surface area (Å²) in [5.74, 6) is 0.146. The fraction of sp³-hybridized carbons (Fsp3) is 0.750. The number of nitrogens with two attached hydrogens (primary N) is 1. The van der Waals surface area contributed by atoms with Crippen molar-refractivity contribution in [2.75, 3.05) is 31.7 Å². The molecule has 0 saturated carbocycles. The molecule has 1 fully saturated rings. The van der Waals surface area contributed by atoms with Crippen LogP contribution in [0.1, 0.15) is 49.4 Å². The molecule has 0 amide bonds. The number of aromatic nitrogens is 1. The summed E-state index contributed by atoms with van der Waals surface area (Å²) in [7, 11) is 1.65. The molecule has 7 heteroatoms. The highest BCUT2D eigenvalue weighted by molar-refractivity contribution is 5.88. The highest BCUT2D eigenvalue weighted by atomic mass is 16.5. The lowest BCUT2D eigenvalue weighted by molar-refractivity contribution is 0.0491. The number of hydrogen-bond donors (Lipinski definition) is 1. The van der Waals surface area contributed by atoms with E-state index < -0.39 is 5.97 Å². The molecule has 2 unspecified atom stereocenters. The van der Waals surface area contributed by atoms with Crippen LogP contribution in [0.25, 0.3) is 0 Å². The Bertz CT molecular complexity index is 517. The number of oxazole rings is 1. The zero-order valence-electron chi connectivity index (χ0n) is 14.2. The van der Waals surface area contributed by atoms with Gasteiger partial charge >= 0.3 is 5.97 Å². The number of rotatable bonds is 7. The van der Waals surface area contributed by atoms with Crippen LogP contribution in [0.5, 0.6) is 0 Å². The summed E-state index contributed by atoms with van der Waals surface area (Å²) < 4.78 is 16.4. The first-order valence-corrected chi connectivity index (χ1v) is 8.30. The predicted octanol–water partition coefficient (Wildman–Crippen LogP) is 1.75. The fourth-order valence-corrected chi connectivity index (χ4v) is 2.61. The van der Waals surface area contributed by atoms with E-state index in [4.69, 9.17) is 19.6 Å². The van der Waals surface area contributed by atoms with Gasteiger partial charge in [0.05, 0.1) is 19.3 Å². The third-order valence-electron chi connectivity index (χ3n) is 4.12. The average Bonchev–Trinajstić information content (AvgIpc) is 3.00. The van der Waals surface area contributed by atoms with Gasteiger partial charge in [0, 0.05) is 26.1 Å². The molecule has 7 nitrogen and oxygen atoms in total. The minimum Gasteiger partial charge on any atom is -0.461 e. The van der Waals surface area contributed by atoms with E-state index in [9.17, 15) is 4.79 Å². The van der Waals surface area contributed by atoms with Crippen LogP contribution in [0.3, 0.4) is 0 Å². The van der Waals surface area contributed by atoms with E-state index in [1.807, 2.05) is 18.7 Å². The Hall–Kier alpha value is -1.60. The second kappa shape index (κ2) is 8.31. The Morgan fingerprint density at radius 3 is 2.91 bits per heavy atom. The molecular weight excluding hydrogens is 298 g/mol. The fourth-order valence-electron chi connectivity index (χ4n) is 2.61. The topological polar surface area (TPSA) is 90.8 Å². The number of carbonyl (C=O) groups is 1. The van der Waals surface area contributed by atoms with Crippen molar-refractivity contribution in [1.29, 1.82) is 0 Å². The van der Waals surface area contributed by atoms with E-state index >= 15 is 0 Å². The van der Waals surface area contributed by atoms with Gasteiger partial charge in [0.25, 0.3) is 6.01 Å². The molecule has 1 aromatic heterocycles. The van der Waals surface area contributed by atoms with Gasteiger partial charge in [0.1, 0.15) is 5.76 Å². The lowest BCUT2D eigenvalue weighted by Gasteiger charge is -2.34.